The van der Waals surface area contributed by atoms with Crippen molar-refractivity contribution in [2.75, 3.05) is 19.7 Å². The van der Waals surface area contributed by atoms with Crippen LogP contribution in [0.5, 0.6) is 0 Å². The van der Waals surface area contributed by atoms with E-state index >= 15 is 0 Å². The number of aliphatic hydroxyl groups excluding tert-OH is 1. The van der Waals surface area contributed by atoms with Gasteiger partial charge in [0.05, 0.1) is 6.61 Å². The molecule has 1 rings (SSSR count). The van der Waals surface area contributed by atoms with Crippen molar-refractivity contribution in [3.8, 4) is 0 Å². The molecule has 1 amide bonds. The van der Waals surface area contributed by atoms with E-state index in [9.17, 15) is 18.0 Å². The summed E-state index contributed by atoms with van der Waals surface area (Å²) in [5.74, 6) is -0.935. The second-order valence-electron chi connectivity index (χ2n) is 5.97. The van der Waals surface area contributed by atoms with E-state index in [1.54, 1.807) is 0 Å². The molecule has 1 N–H and O–H groups in total. The molecule has 0 saturated heterocycles. The van der Waals surface area contributed by atoms with Crippen LogP contribution in [0.15, 0.2) is 0 Å². The summed E-state index contributed by atoms with van der Waals surface area (Å²) in [5.41, 5.74) is -0.604. The number of hydrogen-bond donors (Lipinski definition) is 1. The molecule has 1 saturated carbocycles. The predicted octanol–water partition coefficient (Wildman–Crippen LogP) is 2.05. The maximum absolute atomic E-state index is 12.4. The summed E-state index contributed by atoms with van der Waals surface area (Å²) in [6, 6.07) is 0. The van der Waals surface area contributed by atoms with Gasteiger partial charge in [0.1, 0.15) is 6.54 Å². The van der Waals surface area contributed by atoms with Crippen molar-refractivity contribution in [1.82, 2.24) is 4.90 Å². The van der Waals surface area contributed by atoms with Gasteiger partial charge in [-0.2, -0.15) is 13.2 Å². The smallest absolute Gasteiger partial charge is 0.395 e. The van der Waals surface area contributed by atoms with Crippen molar-refractivity contribution in [1.29, 1.82) is 0 Å². The zero-order chi connectivity index (χ0) is 14.4. The summed E-state index contributed by atoms with van der Waals surface area (Å²) in [6.45, 7) is 5.46. The molecular weight excluding hydrogens is 247 g/mol. The van der Waals surface area contributed by atoms with Crippen LogP contribution in [0.25, 0.3) is 0 Å². The standard InChI is InChI=1S/C12H20F3NO2/c1-10(2)8(11(10,3)4)9(18)16(5-6-17)7-12(13,14)15/h8,17H,5-7H2,1-4H3. The van der Waals surface area contributed by atoms with E-state index in [0.29, 0.717) is 4.90 Å². The zero-order valence-corrected chi connectivity index (χ0v) is 11.1. The van der Waals surface area contributed by atoms with E-state index in [1.165, 1.54) is 0 Å². The third-order valence-corrected chi connectivity index (χ3v) is 4.32. The minimum absolute atomic E-state index is 0.277. The Bertz CT molecular complexity index is 323. The van der Waals surface area contributed by atoms with Crippen molar-refractivity contribution in [2.24, 2.45) is 16.7 Å². The molecular formula is C12H20F3NO2. The van der Waals surface area contributed by atoms with Gasteiger partial charge in [0.15, 0.2) is 0 Å². The van der Waals surface area contributed by atoms with Crippen LogP contribution in [0.2, 0.25) is 0 Å². The lowest BCUT2D eigenvalue weighted by atomic mass is 10.0. The van der Waals surface area contributed by atoms with Crippen molar-refractivity contribution in [3.05, 3.63) is 0 Å². The van der Waals surface area contributed by atoms with E-state index < -0.39 is 31.2 Å². The molecule has 3 nitrogen and oxygen atoms in total. The van der Waals surface area contributed by atoms with E-state index in [1.807, 2.05) is 27.7 Å². The van der Waals surface area contributed by atoms with Crippen LogP contribution >= 0.6 is 0 Å². The van der Waals surface area contributed by atoms with E-state index in [2.05, 4.69) is 0 Å². The first-order chi connectivity index (χ1) is 7.95. The number of alkyl halides is 3. The van der Waals surface area contributed by atoms with Gasteiger partial charge in [0, 0.05) is 12.5 Å². The Labute approximate surface area is 105 Å². The minimum atomic E-state index is -4.44. The average molecular weight is 267 g/mol. The Morgan fingerprint density at radius 2 is 1.67 bits per heavy atom. The maximum atomic E-state index is 12.4. The highest BCUT2D eigenvalue weighted by Gasteiger charge is 2.69. The van der Waals surface area contributed by atoms with Gasteiger partial charge < -0.3 is 10.0 Å². The molecule has 1 aliphatic carbocycles. The lowest BCUT2D eigenvalue weighted by Gasteiger charge is -2.24. The molecule has 0 radical (unpaired) electrons. The number of carbonyl (C=O) groups is 1. The van der Waals surface area contributed by atoms with Gasteiger partial charge in [0.2, 0.25) is 5.91 Å². The van der Waals surface area contributed by atoms with Gasteiger partial charge in [-0.3, -0.25) is 4.79 Å². The van der Waals surface area contributed by atoms with Crippen LogP contribution in [0.3, 0.4) is 0 Å². The first kappa shape index (κ1) is 15.3. The maximum Gasteiger partial charge on any atom is 0.406 e. The highest BCUT2D eigenvalue weighted by Crippen LogP contribution is 2.68. The number of amides is 1. The summed E-state index contributed by atoms with van der Waals surface area (Å²) in [7, 11) is 0. The number of nitrogens with zero attached hydrogens (tertiary/aromatic N) is 1. The molecule has 1 aliphatic rings. The summed E-state index contributed by atoms with van der Waals surface area (Å²) in [4.78, 5) is 12.8. The van der Waals surface area contributed by atoms with Crippen LogP contribution in [0.1, 0.15) is 27.7 Å². The Morgan fingerprint density at radius 3 is 1.94 bits per heavy atom. The third-order valence-electron chi connectivity index (χ3n) is 4.32. The van der Waals surface area contributed by atoms with Crippen molar-refractivity contribution in [3.63, 3.8) is 0 Å². The Kier molecular flexibility index (Phi) is 3.74. The fraction of sp³-hybridized carbons (Fsp3) is 0.917. The number of carbonyl (C=O) groups excluding carboxylic acids is 1. The minimum Gasteiger partial charge on any atom is -0.395 e. The molecule has 0 aromatic heterocycles. The van der Waals surface area contributed by atoms with Crippen LogP contribution in [0.4, 0.5) is 13.2 Å². The third kappa shape index (κ3) is 2.63. The Balaban J connectivity index is 2.80. The van der Waals surface area contributed by atoms with Gasteiger partial charge in [-0.1, -0.05) is 27.7 Å². The molecule has 0 aromatic rings. The second kappa shape index (κ2) is 4.40. The lowest BCUT2D eigenvalue weighted by Crippen LogP contribution is -2.42. The summed E-state index contributed by atoms with van der Waals surface area (Å²) in [5, 5.41) is 8.78. The van der Waals surface area contributed by atoms with E-state index in [0.717, 1.165) is 0 Å². The monoisotopic (exact) mass is 267 g/mol. The molecule has 0 heterocycles. The number of aliphatic hydroxyl groups is 1. The van der Waals surface area contributed by atoms with E-state index in [4.69, 9.17) is 5.11 Å². The molecule has 0 unspecified atom stereocenters. The molecule has 0 spiro atoms. The molecule has 18 heavy (non-hydrogen) atoms. The van der Waals surface area contributed by atoms with Crippen LogP contribution in [0, 0.1) is 16.7 Å². The largest absolute Gasteiger partial charge is 0.406 e. The van der Waals surface area contributed by atoms with Crippen molar-refractivity contribution >= 4 is 5.91 Å². The number of halogens is 3. The fourth-order valence-electron chi connectivity index (χ4n) is 2.60. The lowest BCUT2D eigenvalue weighted by molar-refractivity contribution is -0.163. The van der Waals surface area contributed by atoms with Crippen molar-refractivity contribution < 1.29 is 23.1 Å². The summed E-state index contributed by atoms with van der Waals surface area (Å²) in [6.07, 6.45) is -4.44. The van der Waals surface area contributed by atoms with Crippen LogP contribution < -0.4 is 0 Å². The molecule has 0 bridgehead atoms. The molecule has 0 atom stereocenters. The van der Waals surface area contributed by atoms with Gasteiger partial charge >= 0.3 is 6.18 Å². The normalized spacial score (nSPS) is 21.8. The summed E-state index contributed by atoms with van der Waals surface area (Å²) < 4.78 is 37.1. The molecule has 0 aromatic carbocycles. The number of rotatable bonds is 4. The highest BCUT2D eigenvalue weighted by molar-refractivity contribution is 5.84. The molecule has 106 valence electrons. The van der Waals surface area contributed by atoms with E-state index in [-0.39, 0.29) is 17.4 Å². The summed E-state index contributed by atoms with van der Waals surface area (Å²) >= 11 is 0. The first-order valence-corrected chi connectivity index (χ1v) is 5.91. The topological polar surface area (TPSA) is 40.5 Å². The average Bonchev–Trinajstić information content (AvgIpc) is 2.53. The van der Waals surface area contributed by atoms with Crippen LogP contribution in [-0.4, -0.2) is 41.8 Å². The second-order valence-corrected chi connectivity index (χ2v) is 5.97. The SMILES string of the molecule is CC1(C)C(C(=O)N(CCO)CC(F)(F)F)C1(C)C. The highest BCUT2D eigenvalue weighted by atomic mass is 19.4. The first-order valence-electron chi connectivity index (χ1n) is 5.91. The fourth-order valence-corrected chi connectivity index (χ4v) is 2.60. The molecule has 1 fully saturated rings. The molecule has 0 aliphatic heterocycles. The van der Waals surface area contributed by atoms with Gasteiger partial charge in [0.25, 0.3) is 0 Å². The number of hydrogen-bond acceptors (Lipinski definition) is 2. The zero-order valence-electron chi connectivity index (χ0n) is 11.1. The van der Waals surface area contributed by atoms with Gasteiger partial charge in [-0.05, 0) is 10.8 Å². The van der Waals surface area contributed by atoms with Gasteiger partial charge in [-0.25, -0.2) is 0 Å². The Hall–Kier alpha value is -0.780. The predicted molar refractivity (Wildman–Crippen MR) is 60.8 cm³/mol. The van der Waals surface area contributed by atoms with Crippen molar-refractivity contribution in [2.45, 2.75) is 33.9 Å². The van der Waals surface area contributed by atoms with Crippen LogP contribution in [-0.2, 0) is 4.79 Å². The Morgan fingerprint density at radius 1 is 1.22 bits per heavy atom. The van der Waals surface area contributed by atoms with Gasteiger partial charge in [-0.15, -0.1) is 0 Å². The molecule has 6 heteroatoms. The quantitative estimate of drug-likeness (QED) is 0.847.